The first kappa shape index (κ1) is 12.7. The Balaban J connectivity index is 2.08. The molecular weight excluding hydrogens is 250 g/mol. The molecule has 0 amide bonds. The Morgan fingerprint density at radius 1 is 1.39 bits per heavy atom. The van der Waals surface area contributed by atoms with E-state index in [1.165, 1.54) is 5.56 Å². The first-order valence-corrected chi connectivity index (χ1v) is 6.34. The molecule has 0 atom stereocenters. The molecule has 4 N–H and O–H groups in total. The van der Waals surface area contributed by atoms with Gasteiger partial charge >= 0.3 is 0 Å². The van der Waals surface area contributed by atoms with E-state index in [-0.39, 0.29) is 0 Å². The van der Waals surface area contributed by atoms with Crippen molar-refractivity contribution >= 4 is 23.0 Å². The minimum atomic E-state index is 0.350. The van der Waals surface area contributed by atoms with Crippen LogP contribution in [0.2, 0.25) is 0 Å². The van der Waals surface area contributed by atoms with Crippen molar-refractivity contribution < 1.29 is 4.74 Å². The molecule has 2 aromatic rings. The van der Waals surface area contributed by atoms with Crippen molar-refractivity contribution in [2.24, 2.45) is 5.84 Å². The lowest BCUT2D eigenvalue weighted by atomic mass is 10.3. The molecule has 0 fully saturated rings. The van der Waals surface area contributed by atoms with Crippen molar-refractivity contribution in [3.63, 3.8) is 0 Å². The van der Waals surface area contributed by atoms with Gasteiger partial charge in [-0.2, -0.15) is 11.3 Å². The lowest BCUT2D eigenvalue weighted by molar-refractivity contribution is 0.178. The Morgan fingerprint density at radius 2 is 2.22 bits per heavy atom. The van der Waals surface area contributed by atoms with E-state index in [4.69, 9.17) is 10.6 Å². The van der Waals surface area contributed by atoms with E-state index < -0.39 is 0 Å². The number of nitrogens with zero attached hydrogens (tertiary/aromatic N) is 2. The summed E-state index contributed by atoms with van der Waals surface area (Å²) in [4.78, 5) is 8.51. The van der Waals surface area contributed by atoms with Gasteiger partial charge in [0.2, 0.25) is 0 Å². The highest BCUT2D eigenvalue weighted by atomic mass is 32.1. The molecule has 0 aliphatic carbocycles. The first-order chi connectivity index (χ1) is 8.81. The van der Waals surface area contributed by atoms with Gasteiger partial charge in [0.25, 0.3) is 0 Å². The molecule has 2 aromatic heterocycles. The van der Waals surface area contributed by atoms with Crippen molar-refractivity contribution in [1.82, 2.24) is 9.97 Å². The zero-order valence-corrected chi connectivity index (χ0v) is 10.8. The average Bonchev–Trinajstić information content (AvgIpc) is 2.89. The summed E-state index contributed by atoms with van der Waals surface area (Å²) in [6.07, 6.45) is 0. The number of ether oxygens (including phenoxy) is 1. The second-order valence-electron chi connectivity index (χ2n) is 3.62. The highest BCUT2D eigenvalue weighted by Crippen LogP contribution is 2.13. The van der Waals surface area contributed by atoms with Crippen LogP contribution in [0.1, 0.15) is 11.4 Å². The van der Waals surface area contributed by atoms with Crippen molar-refractivity contribution in [3.8, 4) is 0 Å². The third-order valence-corrected chi connectivity index (χ3v) is 2.98. The van der Waals surface area contributed by atoms with E-state index in [0.717, 1.165) is 12.4 Å². The van der Waals surface area contributed by atoms with Gasteiger partial charge in [0.05, 0.1) is 0 Å². The summed E-state index contributed by atoms with van der Waals surface area (Å²) >= 11 is 1.67. The fraction of sp³-hybridized carbons (Fsp3) is 0.273. The number of thiophene rings is 1. The lowest BCUT2D eigenvalue weighted by Crippen LogP contribution is -2.12. The minimum Gasteiger partial charge on any atom is -0.377 e. The van der Waals surface area contributed by atoms with Crippen molar-refractivity contribution in [2.45, 2.75) is 13.2 Å². The van der Waals surface area contributed by atoms with E-state index in [1.807, 2.05) is 5.38 Å². The van der Waals surface area contributed by atoms with Crippen LogP contribution >= 0.6 is 11.3 Å². The molecule has 18 heavy (non-hydrogen) atoms. The molecule has 7 heteroatoms. The van der Waals surface area contributed by atoms with Crippen LogP contribution in [0.5, 0.6) is 0 Å². The number of nitrogens with one attached hydrogen (secondary N) is 2. The van der Waals surface area contributed by atoms with Gasteiger partial charge in [-0.3, -0.25) is 0 Å². The zero-order chi connectivity index (χ0) is 12.8. The molecule has 2 rings (SSSR count). The molecule has 0 aromatic carbocycles. The molecule has 2 heterocycles. The van der Waals surface area contributed by atoms with Crippen LogP contribution in [-0.2, 0) is 17.9 Å². The summed E-state index contributed by atoms with van der Waals surface area (Å²) in [5.74, 6) is 7.23. The fourth-order valence-corrected chi connectivity index (χ4v) is 2.11. The van der Waals surface area contributed by atoms with Gasteiger partial charge in [-0.15, -0.1) is 0 Å². The normalized spacial score (nSPS) is 10.3. The monoisotopic (exact) mass is 265 g/mol. The molecule has 0 aliphatic heterocycles. The molecule has 0 radical (unpaired) electrons. The highest BCUT2D eigenvalue weighted by Gasteiger charge is 2.04. The van der Waals surface area contributed by atoms with Gasteiger partial charge < -0.3 is 15.5 Å². The molecule has 0 unspecified atom stereocenters. The summed E-state index contributed by atoms with van der Waals surface area (Å²) in [6, 6.07) is 3.82. The number of hydrogen-bond donors (Lipinski definition) is 3. The second kappa shape index (κ2) is 6.29. The van der Waals surface area contributed by atoms with Crippen molar-refractivity contribution in [2.75, 3.05) is 17.9 Å². The molecule has 0 aliphatic rings. The van der Waals surface area contributed by atoms with Crippen LogP contribution in [0.4, 0.5) is 11.6 Å². The molecule has 0 spiro atoms. The van der Waals surface area contributed by atoms with E-state index in [0.29, 0.717) is 18.2 Å². The second-order valence-corrected chi connectivity index (χ2v) is 4.40. The molecule has 6 nitrogen and oxygen atoms in total. The first-order valence-electron chi connectivity index (χ1n) is 5.40. The SMILES string of the molecule is COCc1nc(NN)cc(NCc2ccsc2)n1. The molecule has 0 bridgehead atoms. The van der Waals surface area contributed by atoms with Crippen LogP contribution < -0.4 is 16.6 Å². The number of rotatable bonds is 6. The maximum absolute atomic E-state index is 5.37. The van der Waals surface area contributed by atoms with E-state index in [2.05, 4.69) is 32.2 Å². The number of nitrogen functional groups attached to an aromatic ring is 1. The van der Waals surface area contributed by atoms with Gasteiger partial charge in [0.1, 0.15) is 18.2 Å². The summed E-state index contributed by atoms with van der Waals surface area (Å²) in [5, 5.41) is 7.36. The third-order valence-electron chi connectivity index (χ3n) is 2.25. The number of nitrogens with two attached hydrogens (primary N) is 1. The molecule has 96 valence electrons. The minimum absolute atomic E-state index is 0.350. The standard InChI is InChI=1S/C11H15N5OS/c1-17-6-11-14-9(4-10(15-11)16-12)13-5-8-2-3-18-7-8/h2-4,7H,5-6,12H2,1H3,(H2,13,14,15,16). The van der Waals surface area contributed by atoms with Crippen LogP contribution in [0.25, 0.3) is 0 Å². The predicted molar refractivity (Wildman–Crippen MR) is 72.2 cm³/mol. The topological polar surface area (TPSA) is 85.1 Å². The number of hydrogen-bond acceptors (Lipinski definition) is 7. The van der Waals surface area contributed by atoms with Crippen molar-refractivity contribution in [1.29, 1.82) is 0 Å². The van der Waals surface area contributed by atoms with Gasteiger partial charge in [-0.05, 0) is 22.4 Å². The van der Waals surface area contributed by atoms with E-state index in [1.54, 1.807) is 24.5 Å². The summed E-state index contributed by atoms with van der Waals surface area (Å²) in [5.41, 5.74) is 3.73. The maximum atomic E-state index is 5.37. The van der Waals surface area contributed by atoms with Gasteiger partial charge in [0.15, 0.2) is 5.82 Å². The highest BCUT2D eigenvalue weighted by molar-refractivity contribution is 7.07. The summed E-state index contributed by atoms with van der Waals surface area (Å²) in [6.45, 7) is 1.07. The van der Waals surface area contributed by atoms with Crippen LogP contribution in [0, 0.1) is 0 Å². The van der Waals surface area contributed by atoms with Gasteiger partial charge in [-0.25, -0.2) is 15.8 Å². The smallest absolute Gasteiger partial charge is 0.158 e. The molecular formula is C11H15N5OS. The van der Waals surface area contributed by atoms with Gasteiger partial charge in [-0.1, -0.05) is 0 Å². The Morgan fingerprint density at radius 3 is 2.89 bits per heavy atom. The number of hydrazine groups is 1. The van der Waals surface area contributed by atoms with E-state index >= 15 is 0 Å². The number of anilines is 2. The number of aromatic nitrogens is 2. The quantitative estimate of drug-likeness (QED) is 0.543. The lowest BCUT2D eigenvalue weighted by Gasteiger charge is -2.08. The summed E-state index contributed by atoms with van der Waals surface area (Å²) in [7, 11) is 1.60. The Kier molecular flexibility index (Phi) is 4.46. The van der Waals surface area contributed by atoms with Gasteiger partial charge in [0, 0.05) is 19.7 Å². The van der Waals surface area contributed by atoms with Crippen LogP contribution in [-0.4, -0.2) is 17.1 Å². The Hall–Kier alpha value is -1.70. The van der Waals surface area contributed by atoms with Crippen LogP contribution in [0.15, 0.2) is 22.9 Å². The average molecular weight is 265 g/mol. The molecule has 0 saturated heterocycles. The Labute approximate surface area is 109 Å². The fourth-order valence-electron chi connectivity index (χ4n) is 1.44. The zero-order valence-electron chi connectivity index (χ0n) is 10.0. The third kappa shape index (κ3) is 3.39. The molecule has 0 saturated carbocycles. The maximum Gasteiger partial charge on any atom is 0.158 e. The van der Waals surface area contributed by atoms with Crippen LogP contribution in [0.3, 0.4) is 0 Å². The number of methoxy groups -OCH3 is 1. The van der Waals surface area contributed by atoms with Crippen molar-refractivity contribution in [3.05, 3.63) is 34.3 Å². The largest absolute Gasteiger partial charge is 0.377 e. The van der Waals surface area contributed by atoms with E-state index in [9.17, 15) is 0 Å². The predicted octanol–water partition coefficient (Wildman–Crippen LogP) is 1.58. The Bertz CT molecular complexity index is 488. The summed E-state index contributed by atoms with van der Waals surface area (Å²) < 4.78 is 5.01.